The quantitative estimate of drug-likeness (QED) is 0.763. The van der Waals surface area contributed by atoms with Crippen LogP contribution >= 0.6 is 22.9 Å². The molecule has 23 heavy (non-hydrogen) atoms. The van der Waals surface area contributed by atoms with Crippen molar-refractivity contribution in [1.82, 2.24) is 30.5 Å². The van der Waals surface area contributed by atoms with E-state index < -0.39 is 0 Å². The number of hydrogen-bond acceptors (Lipinski definition) is 6. The fourth-order valence-corrected chi connectivity index (χ4v) is 2.73. The van der Waals surface area contributed by atoms with Gasteiger partial charge < -0.3 is 5.32 Å². The van der Waals surface area contributed by atoms with Crippen LogP contribution in [0.1, 0.15) is 10.6 Å². The maximum atomic E-state index is 11.9. The second-order valence-electron chi connectivity index (χ2n) is 4.79. The van der Waals surface area contributed by atoms with Crippen molar-refractivity contribution in [2.75, 3.05) is 0 Å². The molecule has 0 atom stereocenters. The molecule has 0 aliphatic heterocycles. The molecular weight excluding hydrogens is 336 g/mol. The molecule has 1 amide bonds. The molecule has 2 aromatic heterocycles. The highest BCUT2D eigenvalue weighted by Gasteiger charge is 2.10. The van der Waals surface area contributed by atoms with Gasteiger partial charge in [0.2, 0.25) is 11.7 Å². The summed E-state index contributed by atoms with van der Waals surface area (Å²) in [5.41, 5.74) is 3.48. The number of hydrogen-bond donors (Lipinski definition) is 1. The Morgan fingerprint density at radius 1 is 1.35 bits per heavy atom. The smallest absolute Gasteiger partial charge is 0.243 e. The number of amides is 1. The summed E-state index contributed by atoms with van der Waals surface area (Å²) in [5.74, 6) is 0.269. The van der Waals surface area contributed by atoms with Crippen LogP contribution in [0.5, 0.6) is 0 Å². The number of aryl methyl sites for hydroxylation is 1. The normalized spacial score (nSPS) is 10.7. The molecule has 3 aromatic rings. The van der Waals surface area contributed by atoms with E-state index in [9.17, 15) is 4.79 Å². The molecule has 0 unspecified atom stereocenters. The lowest BCUT2D eigenvalue weighted by molar-refractivity contribution is -0.122. The predicted molar refractivity (Wildman–Crippen MR) is 87.0 cm³/mol. The number of nitrogens with zero attached hydrogens (tertiary/aromatic N) is 5. The molecule has 118 valence electrons. The summed E-state index contributed by atoms with van der Waals surface area (Å²) in [7, 11) is 0. The van der Waals surface area contributed by atoms with Crippen LogP contribution in [0.3, 0.4) is 0 Å². The number of nitrogens with one attached hydrogen (secondary N) is 1. The maximum absolute atomic E-state index is 11.9. The molecule has 0 radical (unpaired) electrons. The van der Waals surface area contributed by atoms with Crippen LogP contribution in [0.2, 0.25) is 5.02 Å². The lowest BCUT2D eigenvalue weighted by Crippen LogP contribution is -2.28. The predicted octanol–water partition coefficient (Wildman–Crippen LogP) is 2.07. The molecule has 2 heterocycles. The first-order valence-corrected chi connectivity index (χ1v) is 8.07. The highest BCUT2D eigenvalue weighted by Crippen LogP contribution is 2.17. The number of thiazole rings is 1. The van der Waals surface area contributed by atoms with Crippen molar-refractivity contribution in [3.8, 4) is 11.4 Å². The number of tetrazole rings is 1. The van der Waals surface area contributed by atoms with Crippen molar-refractivity contribution in [1.29, 1.82) is 0 Å². The Hall–Kier alpha value is -2.32. The molecule has 0 aliphatic rings. The zero-order valence-electron chi connectivity index (χ0n) is 12.2. The zero-order chi connectivity index (χ0) is 16.2. The molecule has 9 heteroatoms. The lowest BCUT2D eigenvalue weighted by Gasteiger charge is -2.03. The zero-order valence-corrected chi connectivity index (χ0v) is 13.8. The second-order valence-corrected chi connectivity index (χ2v) is 6.16. The van der Waals surface area contributed by atoms with Crippen LogP contribution in [-0.4, -0.2) is 31.1 Å². The molecule has 0 saturated heterocycles. The van der Waals surface area contributed by atoms with Gasteiger partial charge in [-0.1, -0.05) is 11.6 Å². The third-order valence-corrected chi connectivity index (χ3v) is 4.32. The minimum absolute atomic E-state index is 0.0123. The first-order chi connectivity index (χ1) is 11.1. The van der Waals surface area contributed by atoms with Crippen molar-refractivity contribution < 1.29 is 4.79 Å². The van der Waals surface area contributed by atoms with E-state index in [0.29, 0.717) is 17.4 Å². The molecular formula is C14H13ClN6OS. The van der Waals surface area contributed by atoms with E-state index in [1.165, 1.54) is 16.1 Å². The number of aromatic nitrogens is 5. The van der Waals surface area contributed by atoms with E-state index in [2.05, 4.69) is 25.7 Å². The Kier molecular flexibility index (Phi) is 4.63. The summed E-state index contributed by atoms with van der Waals surface area (Å²) in [6.07, 6.45) is 0. The highest BCUT2D eigenvalue weighted by atomic mass is 35.5. The van der Waals surface area contributed by atoms with Gasteiger partial charge in [-0.3, -0.25) is 4.79 Å². The van der Waals surface area contributed by atoms with Crippen LogP contribution in [0.25, 0.3) is 11.4 Å². The summed E-state index contributed by atoms with van der Waals surface area (Å²) < 4.78 is 0. The van der Waals surface area contributed by atoms with Crippen molar-refractivity contribution in [3.05, 3.63) is 45.4 Å². The Labute approximate surface area is 141 Å². The third kappa shape index (κ3) is 3.91. The Morgan fingerprint density at radius 2 is 2.13 bits per heavy atom. The van der Waals surface area contributed by atoms with Crippen LogP contribution in [0.4, 0.5) is 0 Å². The van der Waals surface area contributed by atoms with Gasteiger partial charge >= 0.3 is 0 Å². The van der Waals surface area contributed by atoms with Gasteiger partial charge in [-0.25, -0.2) is 4.98 Å². The lowest BCUT2D eigenvalue weighted by atomic mass is 10.2. The number of benzene rings is 1. The fourth-order valence-electron chi connectivity index (χ4n) is 1.88. The third-order valence-electron chi connectivity index (χ3n) is 3.13. The first kappa shape index (κ1) is 15.6. The van der Waals surface area contributed by atoms with Crippen LogP contribution < -0.4 is 5.32 Å². The summed E-state index contributed by atoms with van der Waals surface area (Å²) in [5, 5.41) is 15.5. The summed E-state index contributed by atoms with van der Waals surface area (Å²) in [6, 6.07) is 7.11. The molecule has 1 N–H and O–H groups in total. The summed E-state index contributed by atoms with van der Waals surface area (Å²) in [4.78, 5) is 18.4. The average Bonchev–Trinajstić information content (AvgIpc) is 3.15. The van der Waals surface area contributed by atoms with Gasteiger partial charge in [-0.2, -0.15) is 4.80 Å². The largest absolute Gasteiger partial charge is 0.349 e. The van der Waals surface area contributed by atoms with Gasteiger partial charge in [0.25, 0.3) is 0 Å². The van der Waals surface area contributed by atoms with Gasteiger partial charge in [-0.15, -0.1) is 21.5 Å². The van der Waals surface area contributed by atoms with E-state index >= 15 is 0 Å². The van der Waals surface area contributed by atoms with Crippen LogP contribution in [0, 0.1) is 6.92 Å². The van der Waals surface area contributed by atoms with Gasteiger partial charge in [-0.05, 0) is 36.4 Å². The summed E-state index contributed by atoms with van der Waals surface area (Å²) >= 11 is 7.36. The molecule has 1 aromatic carbocycles. The number of rotatable bonds is 5. The molecule has 3 rings (SSSR count). The maximum Gasteiger partial charge on any atom is 0.243 e. The van der Waals surface area contributed by atoms with Gasteiger partial charge in [0.05, 0.1) is 17.7 Å². The van der Waals surface area contributed by atoms with Crippen LogP contribution in [0.15, 0.2) is 29.8 Å². The molecule has 7 nitrogen and oxygen atoms in total. The van der Waals surface area contributed by atoms with E-state index in [1.54, 1.807) is 29.8 Å². The van der Waals surface area contributed by atoms with Crippen molar-refractivity contribution in [2.24, 2.45) is 0 Å². The molecule has 0 aliphatic carbocycles. The van der Waals surface area contributed by atoms with Crippen molar-refractivity contribution >= 4 is 28.8 Å². The van der Waals surface area contributed by atoms with E-state index in [-0.39, 0.29) is 12.5 Å². The topological polar surface area (TPSA) is 85.6 Å². The minimum atomic E-state index is -0.183. The van der Waals surface area contributed by atoms with Crippen LogP contribution in [-0.2, 0) is 17.9 Å². The second kappa shape index (κ2) is 6.84. The minimum Gasteiger partial charge on any atom is -0.349 e. The average molecular weight is 349 g/mol. The summed E-state index contributed by atoms with van der Waals surface area (Å²) in [6.45, 7) is 2.38. The van der Waals surface area contributed by atoms with Gasteiger partial charge in [0.1, 0.15) is 6.54 Å². The number of carbonyl (C=O) groups is 1. The molecule has 0 spiro atoms. The van der Waals surface area contributed by atoms with E-state index in [4.69, 9.17) is 11.6 Å². The molecule has 0 saturated carbocycles. The fraction of sp³-hybridized carbons (Fsp3) is 0.214. The van der Waals surface area contributed by atoms with E-state index in [1.807, 2.05) is 6.92 Å². The molecule has 0 fully saturated rings. The first-order valence-electron chi connectivity index (χ1n) is 6.81. The van der Waals surface area contributed by atoms with Gasteiger partial charge in [0.15, 0.2) is 0 Å². The standard InChI is InChI=1S/C14H13ClN6OS/c1-9-12(23-8-17-9)6-16-13(22)7-21-19-14(18-20-21)10-2-4-11(15)5-3-10/h2-5,8H,6-7H2,1H3,(H,16,22). The van der Waals surface area contributed by atoms with Crippen molar-refractivity contribution in [2.45, 2.75) is 20.0 Å². The SMILES string of the molecule is Cc1ncsc1CNC(=O)Cn1nnc(-c2ccc(Cl)cc2)n1. The van der Waals surface area contributed by atoms with E-state index in [0.717, 1.165) is 16.1 Å². The Morgan fingerprint density at radius 3 is 2.83 bits per heavy atom. The Balaban J connectivity index is 1.59. The number of carbonyl (C=O) groups excluding carboxylic acids is 1. The number of halogens is 1. The van der Waals surface area contributed by atoms with Gasteiger partial charge in [0, 0.05) is 15.5 Å². The monoisotopic (exact) mass is 348 g/mol. The Bertz CT molecular complexity index is 813. The van der Waals surface area contributed by atoms with Crippen molar-refractivity contribution in [3.63, 3.8) is 0 Å². The highest BCUT2D eigenvalue weighted by molar-refractivity contribution is 7.09. The molecule has 0 bridgehead atoms.